The van der Waals surface area contributed by atoms with Gasteiger partial charge in [-0.05, 0) is 6.92 Å². The molecule has 0 unspecified atom stereocenters. The standard InChI is InChI=1S/C13H17N3OS/c1-3-17-10-9-16(2)13-14-12(15-18-13)11-7-5-4-6-8-11/h4-8H,3,9-10H2,1-2H3. The van der Waals surface area contributed by atoms with Gasteiger partial charge in [0.05, 0.1) is 6.61 Å². The first-order valence-corrected chi connectivity index (χ1v) is 6.76. The lowest BCUT2D eigenvalue weighted by Gasteiger charge is -2.14. The molecule has 1 aromatic heterocycles. The van der Waals surface area contributed by atoms with Crippen LogP contribution in [0.3, 0.4) is 0 Å². The molecule has 0 atom stereocenters. The summed E-state index contributed by atoms with van der Waals surface area (Å²) in [4.78, 5) is 6.61. The van der Waals surface area contributed by atoms with E-state index in [1.54, 1.807) is 0 Å². The minimum absolute atomic E-state index is 0.716. The third-order valence-electron chi connectivity index (χ3n) is 2.55. The molecule has 0 aliphatic carbocycles. The topological polar surface area (TPSA) is 38.2 Å². The second-order valence-corrected chi connectivity index (χ2v) is 4.62. The average Bonchev–Trinajstić information content (AvgIpc) is 2.89. The molecule has 1 heterocycles. The maximum Gasteiger partial charge on any atom is 0.205 e. The number of likely N-dealkylation sites (N-methyl/N-ethyl adjacent to an activating group) is 1. The van der Waals surface area contributed by atoms with E-state index in [0.717, 1.165) is 29.7 Å². The van der Waals surface area contributed by atoms with E-state index in [4.69, 9.17) is 4.74 Å². The van der Waals surface area contributed by atoms with Crippen LogP contribution < -0.4 is 4.90 Å². The minimum atomic E-state index is 0.716. The van der Waals surface area contributed by atoms with E-state index in [9.17, 15) is 0 Å². The zero-order chi connectivity index (χ0) is 12.8. The number of benzene rings is 1. The molecule has 0 saturated carbocycles. The number of nitrogens with zero attached hydrogens (tertiary/aromatic N) is 3. The number of hydrogen-bond acceptors (Lipinski definition) is 5. The third kappa shape index (κ3) is 3.27. The molecule has 0 saturated heterocycles. The van der Waals surface area contributed by atoms with Crippen molar-refractivity contribution in [3.8, 4) is 11.4 Å². The highest BCUT2D eigenvalue weighted by atomic mass is 32.1. The van der Waals surface area contributed by atoms with E-state index in [2.05, 4.69) is 14.3 Å². The Morgan fingerprint density at radius 1 is 1.28 bits per heavy atom. The summed E-state index contributed by atoms with van der Waals surface area (Å²) >= 11 is 1.42. The van der Waals surface area contributed by atoms with Gasteiger partial charge in [0.1, 0.15) is 0 Å². The molecule has 1 aromatic carbocycles. The van der Waals surface area contributed by atoms with Crippen molar-refractivity contribution in [2.24, 2.45) is 0 Å². The number of hydrogen-bond donors (Lipinski definition) is 0. The summed E-state index contributed by atoms with van der Waals surface area (Å²) in [5.74, 6) is 0.791. The first-order chi connectivity index (χ1) is 8.81. The second kappa shape index (κ2) is 6.47. The Balaban J connectivity index is 2.02. The largest absolute Gasteiger partial charge is 0.380 e. The van der Waals surface area contributed by atoms with E-state index >= 15 is 0 Å². The van der Waals surface area contributed by atoms with E-state index in [0.29, 0.717) is 6.61 Å². The maximum atomic E-state index is 5.33. The first kappa shape index (κ1) is 13.0. The number of anilines is 1. The molecule has 0 fully saturated rings. The fraction of sp³-hybridized carbons (Fsp3) is 0.385. The lowest BCUT2D eigenvalue weighted by Crippen LogP contribution is -2.22. The maximum absolute atomic E-state index is 5.33. The monoisotopic (exact) mass is 263 g/mol. The highest BCUT2D eigenvalue weighted by molar-refractivity contribution is 7.09. The van der Waals surface area contributed by atoms with Crippen molar-refractivity contribution in [3.63, 3.8) is 0 Å². The van der Waals surface area contributed by atoms with Crippen LogP contribution in [0.5, 0.6) is 0 Å². The van der Waals surface area contributed by atoms with Crippen LogP contribution in [0.25, 0.3) is 11.4 Å². The van der Waals surface area contributed by atoms with Crippen molar-refractivity contribution in [1.29, 1.82) is 0 Å². The SMILES string of the molecule is CCOCCN(C)c1nc(-c2ccccc2)ns1. The van der Waals surface area contributed by atoms with Gasteiger partial charge in [0.15, 0.2) is 5.82 Å². The Hall–Kier alpha value is -1.46. The number of ether oxygens (including phenoxy) is 1. The van der Waals surface area contributed by atoms with Gasteiger partial charge in [-0.1, -0.05) is 30.3 Å². The van der Waals surface area contributed by atoms with Crippen LogP contribution in [-0.2, 0) is 4.74 Å². The van der Waals surface area contributed by atoms with Gasteiger partial charge in [-0.2, -0.15) is 9.36 Å². The molecule has 0 aliphatic heterocycles. The van der Waals surface area contributed by atoms with Crippen molar-refractivity contribution in [2.45, 2.75) is 6.92 Å². The molecule has 0 bridgehead atoms. The van der Waals surface area contributed by atoms with Gasteiger partial charge < -0.3 is 9.64 Å². The highest BCUT2D eigenvalue weighted by Gasteiger charge is 2.09. The molecule has 0 amide bonds. The lowest BCUT2D eigenvalue weighted by molar-refractivity contribution is 0.154. The predicted octanol–water partition coefficient (Wildman–Crippen LogP) is 2.68. The molecule has 0 radical (unpaired) electrons. The van der Waals surface area contributed by atoms with Gasteiger partial charge in [-0.3, -0.25) is 0 Å². The summed E-state index contributed by atoms with van der Waals surface area (Å²) in [6.07, 6.45) is 0. The second-order valence-electron chi connectivity index (χ2n) is 3.89. The normalized spacial score (nSPS) is 10.6. The van der Waals surface area contributed by atoms with Gasteiger partial charge >= 0.3 is 0 Å². The quantitative estimate of drug-likeness (QED) is 0.751. The minimum Gasteiger partial charge on any atom is -0.380 e. The molecule has 4 nitrogen and oxygen atoms in total. The Kier molecular flexibility index (Phi) is 4.66. The van der Waals surface area contributed by atoms with Gasteiger partial charge in [0.2, 0.25) is 5.13 Å². The summed E-state index contributed by atoms with van der Waals surface area (Å²) in [6, 6.07) is 10.0. The van der Waals surface area contributed by atoms with Crippen molar-refractivity contribution in [1.82, 2.24) is 9.36 Å². The molecule has 0 N–H and O–H groups in total. The molecule has 0 aliphatic rings. The van der Waals surface area contributed by atoms with Gasteiger partial charge in [0.25, 0.3) is 0 Å². The van der Waals surface area contributed by atoms with Crippen LogP contribution in [0.15, 0.2) is 30.3 Å². The van der Waals surface area contributed by atoms with Crippen molar-refractivity contribution < 1.29 is 4.74 Å². The van der Waals surface area contributed by atoms with Crippen LogP contribution in [-0.4, -0.2) is 36.2 Å². The van der Waals surface area contributed by atoms with Crippen LogP contribution in [0.1, 0.15) is 6.92 Å². The Bertz CT molecular complexity index is 472. The Morgan fingerprint density at radius 3 is 2.78 bits per heavy atom. The average molecular weight is 263 g/mol. The molecule has 18 heavy (non-hydrogen) atoms. The van der Waals surface area contributed by atoms with E-state index in [-0.39, 0.29) is 0 Å². The molecule has 2 aromatic rings. The Labute approximate surface area is 111 Å². The summed E-state index contributed by atoms with van der Waals surface area (Å²) in [6.45, 7) is 4.29. The zero-order valence-corrected chi connectivity index (χ0v) is 11.5. The van der Waals surface area contributed by atoms with Crippen molar-refractivity contribution in [2.75, 3.05) is 31.7 Å². The first-order valence-electron chi connectivity index (χ1n) is 5.99. The highest BCUT2D eigenvalue weighted by Crippen LogP contribution is 2.22. The molecule has 0 spiro atoms. The predicted molar refractivity (Wildman–Crippen MR) is 75.1 cm³/mol. The summed E-state index contributed by atoms with van der Waals surface area (Å²) < 4.78 is 9.72. The Morgan fingerprint density at radius 2 is 2.06 bits per heavy atom. The smallest absolute Gasteiger partial charge is 0.205 e. The van der Waals surface area contributed by atoms with Crippen LogP contribution in [0.2, 0.25) is 0 Å². The lowest BCUT2D eigenvalue weighted by atomic mass is 10.2. The zero-order valence-electron chi connectivity index (χ0n) is 10.7. The molecule has 96 valence electrons. The summed E-state index contributed by atoms with van der Waals surface area (Å²) in [5, 5.41) is 0.925. The van der Waals surface area contributed by atoms with Crippen molar-refractivity contribution >= 4 is 16.7 Å². The van der Waals surface area contributed by atoms with Crippen LogP contribution in [0, 0.1) is 0 Å². The summed E-state index contributed by atoms with van der Waals surface area (Å²) in [5.41, 5.74) is 1.05. The van der Waals surface area contributed by atoms with E-state index in [1.165, 1.54) is 11.5 Å². The molecular formula is C13H17N3OS. The van der Waals surface area contributed by atoms with Crippen LogP contribution in [0.4, 0.5) is 5.13 Å². The van der Waals surface area contributed by atoms with Gasteiger partial charge in [0, 0.05) is 37.3 Å². The van der Waals surface area contributed by atoms with Crippen LogP contribution >= 0.6 is 11.5 Å². The summed E-state index contributed by atoms with van der Waals surface area (Å²) in [7, 11) is 2.01. The molecule has 2 rings (SSSR count). The van der Waals surface area contributed by atoms with E-state index in [1.807, 2.05) is 44.3 Å². The molecule has 5 heteroatoms. The van der Waals surface area contributed by atoms with Crippen molar-refractivity contribution in [3.05, 3.63) is 30.3 Å². The fourth-order valence-corrected chi connectivity index (χ4v) is 2.19. The van der Waals surface area contributed by atoms with E-state index < -0.39 is 0 Å². The number of aromatic nitrogens is 2. The van der Waals surface area contributed by atoms with Gasteiger partial charge in [-0.25, -0.2) is 0 Å². The third-order valence-corrected chi connectivity index (χ3v) is 3.38. The fourth-order valence-electron chi connectivity index (χ4n) is 1.52. The molecular weight excluding hydrogens is 246 g/mol. The van der Waals surface area contributed by atoms with Gasteiger partial charge in [-0.15, -0.1) is 0 Å². The number of rotatable bonds is 6.